The van der Waals surface area contributed by atoms with Gasteiger partial charge in [0.05, 0.1) is 25.3 Å². The number of fused-ring (bicyclic) bond motifs is 1. The molecule has 0 bridgehead atoms. The van der Waals surface area contributed by atoms with E-state index in [-0.39, 0.29) is 36.5 Å². The zero-order chi connectivity index (χ0) is 37.0. The van der Waals surface area contributed by atoms with Crippen molar-refractivity contribution < 1.29 is 38.3 Å². The van der Waals surface area contributed by atoms with Gasteiger partial charge in [-0.2, -0.15) is 0 Å². The summed E-state index contributed by atoms with van der Waals surface area (Å²) in [6, 6.07) is -4.36. The Bertz CT molecular complexity index is 1500. The van der Waals surface area contributed by atoms with Crippen LogP contribution in [0.3, 0.4) is 0 Å². The summed E-state index contributed by atoms with van der Waals surface area (Å²) in [6.07, 6.45) is 10.7. The molecule has 7 atom stereocenters. The van der Waals surface area contributed by atoms with Gasteiger partial charge in [-0.3, -0.25) is 38.5 Å². The topological polar surface area (TPSA) is 206 Å². The van der Waals surface area contributed by atoms with Gasteiger partial charge in [-0.15, -0.1) is 0 Å². The fourth-order valence-corrected chi connectivity index (χ4v) is 7.63. The molecule has 0 radical (unpaired) electrons. The number of carbonyl (C=O) groups is 7. The lowest BCUT2D eigenvalue weighted by Crippen LogP contribution is -2.62. The summed E-state index contributed by atoms with van der Waals surface area (Å²) in [6.45, 7) is 7.27. The highest BCUT2D eigenvalue weighted by molar-refractivity contribution is 6.38. The van der Waals surface area contributed by atoms with Crippen molar-refractivity contribution in [2.75, 3.05) is 13.7 Å². The fraction of sp³-hybridized carbons (Fsp3) is 0.694. The highest BCUT2D eigenvalue weighted by Crippen LogP contribution is 2.56. The van der Waals surface area contributed by atoms with Crippen LogP contribution >= 0.6 is 0 Å². The molecule has 51 heavy (non-hydrogen) atoms. The number of ether oxygens (including phenoxy) is 1. The first-order valence-electron chi connectivity index (χ1n) is 18.2. The van der Waals surface area contributed by atoms with Gasteiger partial charge in [-0.25, -0.2) is 4.98 Å². The molecule has 4 N–H and O–H groups in total. The van der Waals surface area contributed by atoms with Gasteiger partial charge in [-0.05, 0) is 49.4 Å². The van der Waals surface area contributed by atoms with Crippen LogP contribution in [-0.2, 0) is 33.5 Å². The third-order valence-electron chi connectivity index (χ3n) is 10.6. The SMILES string of the molecule is CCC[C@H](NC(=O)[C@@H]1[C@@H]2[C@H](CN1C(=O)[C@@H](NC(=O)[C@@H](NC(=O)c1cnccn1)C1CCCCC1)C(C)(C)C)[C@@H]2C(=O)OC)C(=O)C(=O)NC1CC1. The van der Waals surface area contributed by atoms with E-state index in [9.17, 15) is 33.6 Å². The smallest absolute Gasteiger partial charge is 0.309 e. The van der Waals surface area contributed by atoms with E-state index in [4.69, 9.17) is 4.74 Å². The highest BCUT2D eigenvalue weighted by Gasteiger charge is 2.68. The minimum Gasteiger partial charge on any atom is -0.469 e. The molecule has 15 heteroatoms. The summed E-state index contributed by atoms with van der Waals surface area (Å²) in [5, 5.41) is 11.2. The molecule has 4 fully saturated rings. The van der Waals surface area contributed by atoms with E-state index in [0.717, 1.165) is 44.9 Å². The first-order chi connectivity index (χ1) is 24.3. The molecular weight excluding hydrogens is 658 g/mol. The second kappa shape index (κ2) is 15.9. The normalized spacial score (nSPS) is 24.6. The Balaban J connectivity index is 1.38. The summed E-state index contributed by atoms with van der Waals surface area (Å²) >= 11 is 0. The first-order valence-corrected chi connectivity index (χ1v) is 18.2. The Hall–Kier alpha value is -4.43. The van der Waals surface area contributed by atoms with E-state index >= 15 is 0 Å². The number of hydrogen-bond acceptors (Lipinski definition) is 10. The van der Waals surface area contributed by atoms with Crippen LogP contribution in [-0.4, -0.2) is 100 Å². The lowest BCUT2D eigenvalue weighted by Gasteiger charge is -2.38. The van der Waals surface area contributed by atoms with E-state index in [0.29, 0.717) is 6.42 Å². The number of Topliss-reactive ketones (excluding diaryl/α,β-unsaturated/α-hetero) is 1. The molecule has 1 aromatic heterocycles. The fourth-order valence-electron chi connectivity index (χ4n) is 7.63. The van der Waals surface area contributed by atoms with Crippen LogP contribution in [0.15, 0.2) is 18.6 Å². The van der Waals surface area contributed by atoms with Crippen molar-refractivity contribution in [2.24, 2.45) is 29.1 Å². The van der Waals surface area contributed by atoms with Crippen molar-refractivity contribution in [1.82, 2.24) is 36.1 Å². The van der Waals surface area contributed by atoms with Crippen LogP contribution in [0.1, 0.15) is 96.0 Å². The molecule has 3 saturated carbocycles. The predicted molar refractivity (Wildman–Crippen MR) is 182 cm³/mol. The number of ketones is 1. The van der Waals surface area contributed by atoms with Crippen molar-refractivity contribution in [2.45, 2.75) is 116 Å². The van der Waals surface area contributed by atoms with E-state index < -0.39 is 82.7 Å². The van der Waals surface area contributed by atoms with E-state index in [2.05, 4.69) is 31.2 Å². The first kappa shape index (κ1) is 37.8. The molecule has 1 aliphatic heterocycles. The second-order valence-corrected chi connectivity index (χ2v) is 15.4. The molecule has 4 aliphatic rings. The van der Waals surface area contributed by atoms with E-state index in [1.807, 2.05) is 6.92 Å². The molecule has 5 amide bonds. The number of piperidine rings is 1. The Labute approximate surface area is 298 Å². The average Bonchev–Trinajstić information content (AvgIpc) is 4.04. The predicted octanol–water partition coefficient (Wildman–Crippen LogP) is 1.06. The van der Waals surface area contributed by atoms with Gasteiger partial charge < -0.3 is 30.9 Å². The standard InChI is InChI=1S/C36H51N7O8/c1-6-10-22(28(44)33(48)39-20-13-14-20)40-32(47)27-24-21(25(24)35(50)51-5)18-43(27)34(49)29(36(2,3)4)42-31(46)26(19-11-8-7-9-12-19)41-30(45)23-17-37-15-16-38-23/h15-17,19-22,24-27,29H,6-14,18H2,1-5H3,(H,39,48)(H,40,47)(H,41,45)(H,42,46)/t21-,22-,24+,25-,26-,27-,29+/m0/s1. The molecule has 0 spiro atoms. The minimum atomic E-state index is -1.14. The molecule has 278 valence electrons. The van der Waals surface area contributed by atoms with Gasteiger partial charge in [0.15, 0.2) is 0 Å². The summed E-state index contributed by atoms with van der Waals surface area (Å²) in [5.74, 6) is -5.96. The summed E-state index contributed by atoms with van der Waals surface area (Å²) in [4.78, 5) is 104. The Morgan fingerprint density at radius 1 is 0.961 bits per heavy atom. The number of likely N-dealkylation sites (tertiary alicyclic amines) is 1. The zero-order valence-corrected chi connectivity index (χ0v) is 30.1. The molecule has 15 nitrogen and oxygen atoms in total. The van der Waals surface area contributed by atoms with Crippen LogP contribution in [0.5, 0.6) is 0 Å². The van der Waals surface area contributed by atoms with E-state index in [1.165, 1.54) is 30.6 Å². The number of nitrogens with one attached hydrogen (secondary N) is 4. The van der Waals surface area contributed by atoms with Gasteiger partial charge in [-0.1, -0.05) is 53.4 Å². The highest BCUT2D eigenvalue weighted by atomic mass is 16.5. The van der Waals surface area contributed by atoms with Crippen LogP contribution in [0, 0.1) is 29.1 Å². The molecule has 5 rings (SSSR count). The number of esters is 1. The number of hydrogen-bond donors (Lipinski definition) is 4. The maximum Gasteiger partial charge on any atom is 0.309 e. The largest absolute Gasteiger partial charge is 0.469 e. The van der Waals surface area contributed by atoms with Crippen molar-refractivity contribution in [3.05, 3.63) is 24.3 Å². The number of methoxy groups -OCH3 is 1. The molecule has 3 aliphatic carbocycles. The monoisotopic (exact) mass is 709 g/mol. The number of rotatable bonds is 14. The van der Waals surface area contributed by atoms with Gasteiger partial charge in [0, 0.05) is 30.9 Å². The number of nitrogens with zero attached hydrogens (tertiary/aromatic N) is 3. The van der Waals surface area contributed by atoms with Crippen LogP contribution in [0.2, 0.25) is 0 Å². The van der Waals surface area contributed by atoms with Crippen LogP contribution in [0.4, 0.5) is 0 Å². The molecule has 1 aromatic rings. The lowest BCUT2D eigenvalue weighted by molar-refractivity contribution is -0.149. The second-order valence-electron chi connectivity index (χ2n) is 15.4. The number of amides is 5. The van der Waals surface area contributed by atoms with Crippen molar-refractivity contribution in [1.29, 1.82) is 0 Å². The molecule has 0 aromatic carbocycles. The Morgan fingerprint density at radius 2 is 1.67 bits per heavy atom. The maximum atomic E-state index is 14.6. The van der Waals surface area contributed by atoms with Crippen molar-refractivity contribution in [3.8, 4) is 0 Å². The van der Waals surface area contributed by atoms with E-state index in [1.54, 1.807) is 20.8 Å². The number of carbonyl (C=O) groups excluding carboxylic acids is 7. The third-order valence-corrected chi connectivity index (χ3v) is 10.6. The van der Waals surface area contributed by atoms with Crippen LogP contribution in [0.25, 0.3) is 0 Å². The third kappa shape index (κ3) is 8.73. The van der Waals surface area contributed by atoms with Gasteiger partial charge in [0.2, 0.25) is 23.5 Å². The summed E-state index contributed by atoms with van der Waals surface area (Å²) in [7, 11) is 1.26. The molecular formula is C36H51N7O8. The van der Waals surface area contributed by atoms with Gasteiger partial charge in [0.1, 0.15) is 23.8 Å². The maximum absolute atomic E-state index is 14.6. The van der Waals surface area contributed by atoms with Crippen molar-refractivity contribution in [3.63, 3.8) is 0 Å². The summed E-state index contributed by atoms with van der Waals surface area (Å²) < 4.78 is 4.99. The summed E-state index contributed by atoms with van der Waals surface area (Å²) in [5.41, 5.74) is -0.777. The van der Waals surface area contributed by atoms with Gasteiger partial charge in [0.25, 0.3) is 11.8 Å². The minimum absolute atomic E-state index is 0.0435. The van der Waals surface area contributed by atoms with Gasteiger partial charge >= 0.3 is 5.97 Å². The quantitative estimate of drug-likeness (QED) is 0.160. The lowest BCUT2D eigenvalue weighted by atomic mass is 9.82. The average molecular weight is 710 g/mol. The van der Waals surface area contributed by atoms with Crippen molar-refractivity contribution >= 4 is 41.3 Å². The molecule has 1 saturated heterocycles. The zero-order valence-electron chi connectivity index (χ0n) is 30.1. The molecule has 2 heterocycles. The van der Waals surface area contributed by atoms with Crippen LogP contribution < -0.4 is 21.3 Å². The molecule has 0 unspecified atom stereocenters. The Morgan fingerprint density at radius 3 is 2.25 bits per heavy atom. The number of aromatic nitrogens is 2. The Kier molecular flexibility index (Phi) is 11.8.